The van der Waals surface area contributed by atoms with Crippen molar-refractivity contribution >= 4 is 17.8 Å². The molecular weight excluding hydrogens is 300 g/mol. The molecule has 1 amide bonds. The summed E-state index contributed by atoms with van der Waals surface area (Å²) < 4.78 is 0. The molecule has 5 heteroatoms. The largest absolute Gasteiger partial charge is 0.372 e. The minimum atomic E-state index is -0.319. The SMILES string of the molecule is CCCN(CCC)c1ccc(C=NNC(=O)c2ccccn2)cc1. The summed E-state index contributed by atoms with van der Waals surface area (Å²) in [6.07, 6.45) is 5.47. The first-order valence-corrected chi connectivity index (χ1v) is 8.34. The second-order valence-corrected chi connectivity index (χ2v) is 5.49. The van der Waals surface area contributed by atoms with Gasteiger partial charge in [0.05, 0.1) is 6.21 Å². The van der Waals surface area contributed by atoms with Crippen LogP contribution in [-0.2, 0) is 0 Å². The molecule has 24 heavy (non-hydrogen) atoms. The molecule has 5 nitrogen and oxygen atoms in total. The monoisotopic (exact) mass is 324 g/mol. The molecule has 0 saturated carbocycles. The first-order valence-electron chi connectivity index (χ1n) is 8.34. The third-order valence-corrected chi connectivity index (χ3v) is 3.52. The van der Waals surface area contributed by atoms with Gasteiger partial charge < -0.3 is 4.90 Å². The smallest absolute Gasteiger partial charge is 0.289 e. The van der Waals surface area contributed by atoms with Crippen molar-refractivity contribution in [3.8, 4) is 0 Å². The number of benzene rings is 1. The Labute approximate surface area is 143 Å². The van der Waals surface area contributed by atoms with Gasteiger partial charge in [0, 0.05) is 25.0 Å². The summed E-state index contributed by atoms with van der Waals surface area (Å²) in [4.78, 5) is 18.2. The van der Waals surface area contributed by atoms with Crippen molar-refractivity contribution in [1.29, 1.82) is 0 Å². The molecule has 1 aromatic heterocycles. The van der Waals surface area contributed by atoms with Crippen LogP contribution in [0.2, 0.25) is 0 Å². The standard InChI is InChI=1S/C19H24N4O/c1-3-13-23(14-4-2)17-10-8-16(9-11-17)15-21-22-19(24)18-7-5-6-12-20-18/h5-12,15H,3-4,13-14H2,1-2H3,(H,22,24). The lowest BCUT2D eigenvalue weighted by atomic mass is 10.2. The van der Waals surface area contributed by atoms with Crippen LogP contribution in [0.25, 0.3) is 0 Å². The van der Waals surface area contributed by atoms with E-state index < -0.39 is 0 Å². The maximum absolute atomic E-state index is 11.8. The van der Waals surface area contributed by atoms with Gasteiger partial charge in [0.15, 0.2) is 0 Å². The van der Waals surface area contributed by atoms with Gasteiger partial charge in [-0.3, -0.25) is 9.78 Å². The topological polar surface area (TPSA) is 57.6 Å². The Hall–Kier alpha value is -2.69. The van der Waals surface area contributed by atoms with E-state index in [1.165, 1.54) is 5.69 Å². The van der Waals surface area contributed by atoms with Gasteiger partial charge in [-0.05, 0) is 42.7 Å². The quantitative estimate of drug-likeness (QED) is 0.597. The summed E-state index contributed by atoms with van der Waals surface area (Å²) in [5.74, 6) is -0.319. The van der Waals surface area contributed by atoms with Crippen molar-refractivity contribution in [2.75, 3.05) is 18.0 Å². The van der Waals surface area contributed by atoms with Crippen molar-refractivity contribution < 1.29 is 4.79 Å². The zero-order chi connectivity index (χ0) is 17.2. The van der Waals surface area contributed by atoms with E-state index in [1.807, 2.05) is 12.1 Å². The molecular formula is C19H24N4O. The number of carbonyl (C=O) groups is 1. The van der Waals surface area contributed by atoms with Crippen LogP contribution in [-0.4, -0.2) is 30.2 Å². The Bertz CT molecular complexity index is 647. The lowest BCUT2D eigenvalue weighted by molar-refractivity contribution is 0.0950. The molecule has 1 heterocycles. The highest BCUT2D eigenvalue weighted by atomic mass is 16.2. The van der Waals surface area contributed by atoms with Crippen LogP contribution in [0.15, 0.2) is 53.8 Å². The number of amides is 1. The molecule has 1 N–H and O–H groups in total. The van der Waals surface area contributed by atoms with Gasteiger partial charge in [0.1, 0.15) is 5.69 Å². The highest BCUT2D eigenvalue weighted by Gasteiger charge is 2.05. The predicted molar refractivity (Wildman–Crippen MR) is 98.5 cm³/mol. The van der Waals surface area contributed by atoms with E-state index >= 15 is 0 Å². The van der Waals surface area contributed by atoms with Crippen molar-refractivity contribution in [2.45, 2.75) is 26.7 Å². The normalized spacial score (nSPS) is 10.8. The number of anilines is 1. The third-order valence-electron chi connectivity index (χ3n) is 3.52. The summed E-state index contributed by atoms with van der Waals surface area (Å²) in [7, 11) is 0. The molecule has 1 aromatic carbocycles. The summed E-state index contributed by atoms with van der Waals surface area (Å²) in [5, 5.41) is 3.99. The van der Waals surface area contributed by atoms with E-state index in [4.69, 9.17) is 0 Å². The molecule has 0 spiro atoms. The second-order valence-electron chi connectivity index (χ2n) is 5.49. The molecule has 2 aromatic rings. The summed E-state index contributed by atoms with van der Waals surface area (Å²) in [6, 6.07) is 13.4. The summed E-state index contributed by atoms with van der Waals surface area (Å²) in [5.41, 5.74) is 4.98. The average Bonchev–Trinajstić information content (AvgIpc) is 2.63. The number of rotatable bonds is 8. The van der Waals surface area contributed by atoms with Crippen LogP contribution >= 0.6 is 0 Å². The predicted octanol–water partition coefficient (Wildman–Crippen LogP) is 3.47. The zero-order valence-electron chi connectivity index (χ0n) is 14.3. The number of hydrogen-bond donors (Lipinski definition) is 1. The highest BCUT2D eigenvalue weighted by molar-refractivity contribution is 5.93. The fraction of sp³-hybridized carbons (Fsp3) is 0.316. The number of nitrogens with one attached hydrogen (secondary N) is 1. The molecule has 0 radical (unpaired) electrons. The van der Waals surface area contributed by atoms with Crippen LogP contribution in [0, 0.1) is 0 Å². The van der Waals surface area contributed by atoms with Crippen LogP contribution < -0.4 is 10.3 Å². The van der Waals surface area contributed by atoms with E-state index in [0.29, 0.717) is 5.69 Å². The molecule has 0 atom stereocenters. The van der Waals surface area contributed by atoms with E-state index in [-0.39, 0.29) is 5.91 Å². The van der Waals surface area contributed by atoms with Crippen LogP contribution in [0.5, 0.6) is 0 Å². The van der Waals surface area contributed by atoms with Crippen LogP contribution in [0.3, 0.4) is 0 Å². The van der Waals surface area contributed by atoms with Crippen molar-refractivity contribution in [3.05, 3.63) is 59.9 Å². The minimum absolute atomic E-state index is 0.319. The first-order chi connectivity index (χ1) is 11.7. The van der Waals surface area contributed by atoms with Gasteiger partial charge >= 0.3 is 0 Å². The Balaban J connectivity index is 1.94. The Morgan fingerprint density at radius 3 is 2.42 bits per heavy atom. The zero-order valence-corrected chi connectivity index (χ0v) is 14.3. The molecule has 2 rings (SSSR count). The molecule has 126 valence electrons. The van der Waals surface area contributed by atoms with Crippen LogP contribution in [0.4, 0.5) is 5.69 Å². The second kappa shape index (κ2) is 9.45. The Kier molecular flexibility index (Phi) is 6.95. The Morgan fingerprint density at radius 2 is 1.83 bits per heavy atom. The molecule has 0 unspecified atom stereocenters. The van der Waals surface area contributed by atoms with Crippen LogP contribution in [0.1, 0.15) is 42.7 Å². The van der Waals surface area contributed by atoms with Crippen molar-refractivity contribution in [3.63, 3.8) is 0 Å². The number of hydrogen-bond acceptors (Lipinski definition) is 4. The third kappa shape index (κ3) is 5.19. The summed E-state index contributed by atoms with van der Waals surface area (Å²) >= 11 is 0. The number of hydrazone groups is 1. The van der Waals surface area contributed by atoms with Gasteiger partial charge in [-0.15, -0.1) is 0 Å². The molecule has 0 bridgehead atoms. The lowest BCUT2D eigenvalue weighted by Gasteiger charge is -2.23. The molecule has 0 aliphatic heterocycles. The van der Waals surface area contributed by atoms with Gasteiger partial charge in [-0.1, -0.05) is 32.0 Å². The highest BCUT2D eigenvalue weighted by Crippen LogP contribution is 2.15. The van der Waals surface area contributed by atoms with Gasteiger partial charge in [0.2, 0.25) is 0 Å². The van der Waals surface area contributed by atoms with Crippen molar-refractivity contribution in [1.82, 2.24) is 10.4 Å². The van der Waals surface area contributed by atoms with Crippen molar-refractivity contribution in [2.24, 2.45) is 5.10 Å². The minimum Gasteiger partial charge on any atom is -0.372 e. The number of aromatic nitrogens is 1. The van der Waals surface area contributed by atoms with E-state index in [2.05, 4.69) is 46.4 Å². The number of carbonyl (C=O) groups excluding carboxylic acids is 1. The molecule has 0 saturated heterocycles. The van der Waals surface area contributed by atoms with Gasteiger partial charge in [-0.25, -0.2) is 5.43 Å². The maximum Gasteiger partial charge on any atom is 0.289 e. The number of pyridine rings is 1. The Morgan fingerprint density at radius 1 is 1.12 bits per heavy atom. The first kappa shape index (κ1) is 17.7. The fourth-order valence-electron chi connectivity index (χ4n) is 2.40. The fourth-order valence-corrected chi connectivity index (χ4v) is 2.40. The van der Waals surface area contributed by atoms with Gasteiger partial charge in [-0.2, -0.15) is 5.10 Å². The van der Waals surface area contributed by atoms with E-state index in [1.54, 1.807) is 30.6 Å². The average molecular weight is 324 g/mol. The molecule has 0 aliphatic rings. The molecule has 0 aliphatic carbocycles. The van der Waals surface area contributed by atoms with E-state index in [9.17, 15) is 4.79 Å². The van der Waals surface area contributed by atoms with Gasteiger partial charge in [0.25, 0.3) is 5.91 Å². The number of nitrogens with zero attached hydrogens (tertiary/aromatic N) is 3. The van der Waals surface area contributed by atoms with E-state index in [0.717, 1.165) is 31.5 Å². The maximum atomic E-state index is 11.8. The summed E-state index contributed by atoms with van der Waals surface area (Å²) in [6.45, 7) is 6.49. The molecule has 0 fully saturated rings. The lowest BCUT2D eigenvalue weighted by Crippen LogP contribution is -2.24.